The van der Waals surface area contributed by atoms with Crippen molar-refractivity contribution in [3.63, 3.8) is 0 Å². The molecule has 0 unspecified atom stereocenters. The molecular weight excluding hydrogens is 1600 g/mol. The maximum absolute atomic E-state index is 13.1. The Balaban J connectivity index is 0.0000000886. The standard InChI is InChI=1S/C17H26N2O2.C17H24N2O.C17H27NO.C16H25NO.C15H23NO2.C15H23NO.C14H21NO/c18-15(20)14-1-3-19(4-2-14)16(21)17-8-11-5-12(9-17)7-13(6-11)10-17;18-11-12-1-3-19(4-2-12)16(20)17-8-13-5-14(9-17)7-15(6-13)10-17;19-16(18-5-3-1-2-4-6-18)17-10-13-7-14(11-17)9-15(8-13)12-17;18-15(17-4-2-1-3-5-17)16-9-12-6-13(10-16)8-14(7-12)11-16;17-14(16-1-3-18-4-2-16)15-8-11-5-12(9-15)7-13(6-11)10-15;17-14(16-3-1-2-4-16)15-8-11-5-12(9-15)7-13(6-11)10-15;16-13(15-2-1-3-15)14-7-10-4-11(8-14)6-12(5-10)9-14/h11-14H,1-10H2,(H2,18,20);12-15H,1-10H2;13-15H,1-12H2;12-14H,1-11H2;11-13H,1-10H2;11-13H,1-10H2;10-12H,1-9H2. The molecule has 7 heterocycles. The molecule has 8 amide bonds. The summed E-state index contributed by atoms with van der Waals surface area (Å²) < 4.78 is 5.37. The summed E-state index contributed by atoms with van der Waals surface area (Å²) in [5.74, 6) is 21.8. The van der Waals surface area contributed by atoms with Crippen molar-refractivity contribution in [1.82, 2.24) is 34.3 Å². The smallest absolute Gasteiger partial charge is 0.228 e. The lowest BCUT2D eigenvalue weighted by molar-refractivity contribution is -0.161. The SMILES string of the molecule is N#CC1CCN(C(=O)C23CC4CC(CC(C4)C2)C3)CC1.NC(=O)C1CCN(C(=O)C23CC4CC(CC(C4)C2)C3)CC1.O=C(N1CCC1)C12CC3CC(CC(C3)C1)C2.O=C(N1CCCC1)C12CC3CC(CC(C3)C1)C2.O=C(N1CCCCC1)C12CC3CC(CC(C3)C1)C2.O=C(N1CCCCCC1)C12CC3CC(CC(C3)C1)C2.O=C(N1CCOCC1)C12CC3CC(CC(C3)C1)C2. The molecule has 0 radical (unpaired) electrons. The molecule has 7 aliphatic heterocycles. The summed E-state index contributed by atoms with van der Waals surface area (Å²) >= 11 is 0. The van der Waals surface area contributed by atoms with E-state index in [1.54, 1.807) is 0 Å². The number of rotatable bonds is 8. The maximum Gasteiger partial charge on any atom is 0.228 e. The summed E-state index contributed by atoms with van der Waals surface area (Å²) in [7, 11) is 0. The molecule has 0 aromatic heterocycles. The van der Waals surface area contributed by atoms with E-state index in [1.807, 2.05) is 4.90 Å². The van der Waals surface area contributed by atoms with Crippen molar-refractivity contribution in [3.8, 4) is 6.07 Å². The molecule has 28 saturated carbocycles. The highest BCUT2D eigenvalue weighted by Gasteiger charge is 2.64. The monoisotopic (exact) mass is 1770 g/mol. The minimum absolute atomic E-state index is 0.00816. The van der Waals surface area contributed by atoms with Crippen molar-refractivity contribution in [2.45, 2.75) is 360 Å². The van der Waals surface area contributed by atoms with Crippen LogP contribution in [0, 0.1) is 185 Å². The zero-order valence-corrected chi connectivity index (χ0v) is 80.0. The second-order valence-corrected chi connectivity index (χ2v) is 52.7. The van der Waals surface area contributed by atoms with Crippen LogP contribution in [0.15, 0.2) is 0 Å². The van der Waals surface area contributed by atoms with Crippen LogP contribution >= 0.6 is 0 Å². The van der Waals surface area contributed by atoms with Crippen LogP contribution in [0.4, 0.5) is 0 Å². The Labute approximate surface area is 775 Å². The maximum atomic E-state index is 13.1. The molecule has 712 valence electrons. The van der Waals surface area contributed by atoms with Gasteiger partial charge in [0, 0.05) is 103 Å². The molecule has 0 spiro atoms. The second-order valence-electron chi connectivity index (χ2n) is 52.7. The third kappa shape index (κ3) is 17.9. The first-order valence-corrected chi connectivity index (χ1v) is 55.8. The van der Waals surface area contributed by atoms with E-state index in [1.165, 1.54) is 295 Å². The number of amides is 8. The first kappa shape index (κ1) is 89.4. The highest BCUT2D eigenvalue weighted by Crippen LogP contribution is 2.68. The van der Waals surface area contributed by atoms with E-state index < -0.39 is 0 Å². The van der Waals surface area contributed by atoms with E-state index in [0.717, 1.165) is 293 Å². The number of carbonyl (C=O) groups is 8. The van der Waals surface area contributed by atoms with Crippen molar-refractivity contribution in [2.75, 3.05) is 105 Å². The molecule has 129 heavy (non-hydrogen) atoms. The molecule has 35 fully saturated rings. The molecule has 0 aromatic carbocycles. The normalized spacial score (nSPS) is 45.7. The molecule has 35 rings (SSSR count). The third-order valence-electron chi connectivity index (χ3n) is 43.0. The number of carbonyl (C=O) groups excluding carboxylic acids is 8. The molecular formula is C111H169N9O9. The summed E-state index contributed by atoms with van der Waals surface area (Å²) in [4.78, 5) is 117. The van der Waals surface area contributed by atoms with Gasteiger partial charge in [0.15, 0.2) is 0 Å². The van der Waals surface area contributed by atoms with Gasteiger partial charge in [-0.05, 0) is 471 Å². The van der Waals surface area contributed by atoms with Crippen LogP contribution in [-0.2, 0) is 43.1 Å². The lowest BCUT2D eigenvalue weighted by atomic mass is 9.49. The van der Waals surface area contributed by atoms with Crippen LogP contribution in [-0.4, -0.2) is 186 Å². The molecule has 0 aromatic rings. The molecule has 7 saturated heterocycles. The van der Waals surface area contributed by atoms with Gasteiger partial charge in [0.05, 0.1) is 57.2 Å². The number of hydrogen-bond acceptors (Lipinski definition) is 10. The topological polar surface area (TPSA) is 218 Å². The lowest BCUT2D eigenvalue weighted by Crippen LogP contribution is -2.57. The van der Waals surface area contributed by atoms with Gasteiger partial charge in [-0.25, -0.2) is 0 Å². The van der Waals surface area contributed by atoms with E-state index in [0.29, 0.717) is 41.4 Å². The number of nitrogens with zero attached hydrogens (tertiary/aromatic N) is 8. The molecule has 0 atom stereocenters. The summed E-state index contributed by atoms with van der Waals surface area (Å²) in [5, 5.41) is 8.99. The number of piperidine rings is 3. The van der Waals surface area contributed by atoms with Crippen molar-refractivity contribution < 1.29 is 43.1 Å². The number of morpholine rings is 1. The lowest BCUT2D eigenvalue weighted by Gasteiger charge is -2.57. The van der Waals surface area contributed by atoms with Crippen molar-refractivity contribution in [2.24, 2.45) is 180 Å². The van der Waals surface area contributed by atoms with Gasteiger partial charge in [-0.1, -0.05) is 12.8 Å². The van der Waals surface area contributed by atoms with Gasteiger partial charge in [0.1, 0.15) is 0 Å². The first-order valence-electron chi connectivity index (χ1n) is 55.8. The fraction of sp³-hybridized carbons (Fsp3) is 0.919. The van der Waals surface area contributed by atoms with Crippen molar-refractivity contribution >= 4 is 47.3 Å². The Morgan fingerprint density at radius 1 is 0.217 bits per heavy atom. The number of nitrogens with two attached hydrogens (primary N) is 1. The minimum atomic E-state index is -0.197. The predicted octanol–water partition coefficient (Wildman–Crippen LogP) is 19.0. The molecule has 18 heteroatoms. The Morgan fingerprint density at radius 2 is 0.372 bits per heavy atom. The largest absolute Gasteiger partial charge is 0.378 e. The van der Waals surface area contributed by atoms with E-state index in [2.05, 4.69) is 35.5 Å². The number of ether oxygens (including phenoxy) is 1. The van der Waals surface area contributed by atoms with E-state index in [9.17, 15) is 38.4 Å². The predicted molar refractivity (Wildman–Crippen MR) is 498 cm³/mol. The van der Waals surface area contributed by atoms with Gasteiger partial charge in [-0.15, -0.1) is 0 Å². The molecule has 18 nitrogen and oxygen atoms in total. The van der Waals surface area contributed by atoms with E-state index in [4.69, 9.17) is 15.7 Å². The fourth-order valence-electron chi connectivity index (χ4n) is 40.1. The summed E-state index contributed by atoms with van der Waals surface area (Å²) in [5.41, 5.74) is 5.85. The number of primary amides is 1. The summed E-state index contributed by atoms with van der Waals surface area (Å²) in [6.07, 6.45) is 70.9. The zero-order chi connectivity index (χ0) is 87.8. The molecule has 35 aliphatic rings. The third-order valence-corrected chi connectivity index (χ3v) is 43.0. The highest BCUT2D eigenvalue weighted by molar-refractivity contribution is 5.87. The van der Waals surface area contributed by atoms with Crippen LogP contribution in [0.2, 0.25) is 0 Å². The molecule has 28 aliphatic carbocycles. The van der Waals surface area contributed by atoms with Crippen LogP contribution in [0.5, 0.6) is 0 Å². The summed E-state index contributed by atoms with van der Waals surface area (Å²) in [6.45, 7) is 14.5. The summed E-state index contributed by atoms with van der Waals surface area (Å²) in [6, 6.07) is 2.36. The Hall–Kier alpha value is -4.79. The average Bonchev–Trinajstić information content (AvgIpc) is 1.37. The second kappa shape index (κ2) is 36.3. The minimum Gasteiger partial charge on any atom is -0.378 e. The van der Waals surface area contributed by atoms with Crippen molar-refractivity contribution in [1.29, 1.82) is 5.26 Å². The number of nitriles is 1. The van der Waals surface area contributed by atoms with Gasteiger partial charge in [0.2, 0.25) is 47.3 Å². The van der Waals surface area contributed by atoms with Gasteiger partial charge < -0.3 is 44.8 Å². The molecule has 2 N–H and O–H groups in total. The fourth-order valence-corrected chi connectivity index (χ4v) is 40.1. The quantitative estimate of drug-likeness (QED) is 0.242. The van der Waals surface area contributed by atoms with Crippen LogP contribution in [0.25, 0.3) is 0 Å². The molecule has 28 bridgehead atoms. The van der Waals surface area contributed by atoms with Gasteiger partial charge in [-0.3, -0.25) is 38.4 Å². The Bertz CT molecular complexity index is 3810. The van der Waals surface area contributed by atoms with E-state index >= 15 is 0 Å². The van der Waals surface area contributed by atoms with Crippen LogP contribution in [0.1, 0.15) is 360 Å². The van der Waals surface area contributed by atoms with Gasteiger partial charge in [-0.2, -0.15) is 5.26 Å². The zero-order valence-electron chi connectivity index (χ0n) is 80.0. The van der Waals surface area contributed by atoms with Gasteiger partial charge in [0.25, 0.3) is 0 Å². The Morgan fingerprint density at radius 3 is 0.543 bits per heavy atom. The number of hydrogen-bond donors (Lipinski definition) is 1. The van der Waals surface area contributed by atoms with Crippen molar-refractivity contribution in [3.05, 3.63) is 0 Å². The van der Waals surface area contributed by atoms with Gasteiger partial charge >= 0.3 is 0 Å². The van der Waals surface area contributed by atoms with E-state index in [-0.39, 0.29) is 55.6 Å². The first-order chi connectivity index (χ1) is 62.5. The Kier molecular flexibility index (Phi) is 25.2. The van der Waals surface area contributed by atoms with Crippen LogP contribution < -0.4 is 5.73 Å². The highest BCUT2D eigenvalue weighted by atomic mass is 16.5. The van der Waals surface area contributed by atoms with Crippen LogP contribution in [0.3, 0.4) is 0 Å². The average molecular weight is 1770 g/mol. The number of likely N-dealkylation sites (tertiary alicyclic amines) is 6.